The lowest BCUT2D eigenvalue weighted by atomic mass is 9.58. The number of para-hydroxylation sites is 1. The Morgan fingerprint density at radius 2 is 2.23 bits per heavy atom. The maximum absolute atomic E-state index is 13.2. The number of rotatable bonds is 1. The van der Waals surface area contributed by atoms with Gasteiger partial charge in [-0.05, 0) is 31.4 Å². The Labute approximate surface area is 153 Å². The molecule has 5 heterocycles. The Morgan fingerprint density at radius 3 is 3.00 bits per heavy atom. The van der Waals surface area contributed by atoms with Gasteiger partial charge in [0.25, 0.3) is 0 Å². The number of esters is 1. The van der Waals surface area contributed by atoms with Gasteiger partial charge in [-0.25, -0.2) is 0 Å². The van der Waals surface area contributed by atoms with E-state index < -0.39 is 16.9 Å². The average Bonchev–Trinajstić information content (AvgIpc) is 3.13. The summed E-state index contributed by atoms with van der Waals surface area (Å²) in [6, 6.07) is 8.89. The maximum Gasteiger partial charge on any atom is 0.316 e. The molecule has 5 fully saturated rings. The highest BCUT2D eigenvalue weighted by Crippen LogP contribution is 2.71. The number of allylic oxidation sites excluding steroid dienone is 1. The fourth-order valence-corrected chi connectivity index (χ4v) is 7.49. The van der Waals surface area contributed by atoms with Crippen molar-refractivity contribution >= 4 is 11.7 Å². The molecule has 6 aliphatic rings. The quantitative estimate of drug-likeness (QED) is 0.595. The Bertz CT molecular complexity index is 867. The molecule has 0 aromatic heterocycles. The first-order chi connectivity index (χ1) is 12.6. The van der Waals surface area contributed by atoms with Crippen LogP contribution in [0.5, 0.6) is 0 Å². The minimum absolute atomic E-state index is 0.0570. The number of aliphatic hydroxyl groups excluding tert-OH is 1. The third kappa shape index (κ3) is 1.28. The van der Waals surface area contributed by atoms with Crippen LogP contribution in [0.1, 0.15) is 25.3 Å². The molecule has 1 aliphatic carbocycles. The smallest absolute Gasteiger partial charge is 0.316 e. The number of hydrogen-bond donors (Lipinski definition) is 2. The zero-order valence-electron chi connectivity index (χ0n) is 15.1. The van der Waals surface area contributed by atoms with Crippen molar-refractivity contribution < 1.29 is 14.6 Å². The lowest BCUT2D eigenvalue weighted by Crippen LogP contribution is -2.71. The van der Waals surface area contributed by atoms with Gasteiger partial charge in [-0.2, -0.15) is 0 Å². The van der Waals surface area contributed by atoms with E-state index in [4.69, 9.17) is 4.74 Å². The van der Waals surface area contributed by atoms with Crippen LogP contribution in [0.3, 0.4) is 0 Å². The van der Waals surface area contributed by atoms with Crippen LogP contribution in [0.4, 0.5) is 5.69 Å². The van der Waals surface area contributed by atoms with Crippen LogP contribution in [-0.4, -0.2) is 53.9 Å². The molecule has 1 aromatic rings. The normalized spacial score (nSPS) is 50.5. The number of nitrogens with one attached hydrogen (secondary N) is 1. The van der Waals surface area contributed by atoms with Crippen LogP contribution in [0.2, 0.25) is 0 Å². The van der Waals surface area contributed by atoms with Crippen molar-refractivity contribution in [3.8, 4) is 0 Å². The Hall–Kier alpha value is -1.85. The molecule has 0 radical (unpaired) electrons. The molecule has 136 valence electrons. The predicted molar refractivity (Wildman–Crippen MR) is 96.7 cm³/mol. The molecule has 5 heteroatoms. The molecule has 26 heavy (non-hydrogen) atoms. The lowest BCUT2D eigenvalue weighted by molar-refractivity contribution is -0.179. The van der Waals surface area contributed by atoms with Crippen LogP contribution in [-0.2, 0) is 14.9 Å². The van der Waals surface area contributed by atoms with Gasteiger partial charge in [0.15, 0.2) is 0 Å². The van der Waals surface area contributed by atoms with Crippen LogP contribution in [0, 0.1) is 11.3 Å². The van der Waals surface area contributed by atoms with E-state index in [-0.39, 0.29) is 24.0 Å². The topological polar surface area (TPSA) is 61.8 Å². The Kier molecular flexibility index (Phi) is 2.65. The Balaban J connectivity index is 1.65. The number of ether oxygens (including phenoxy) is 1. The summed E-state index contributed by atoms with van der Waals surface area (Å²) in [7, 11) is 1.46. The van der Waals surface area contributed by atoms with Crippen LogP contribution in [0.25, 0.3) is 0 Å². The molecular formula is C21H24N2O3. The summed E-state index contributed by atoms with van der Waals surface area (Å²) in [6.07, 6.45) is 3.15. The van der Waals surface area contributed by atoms with E-state index in [1.165, 1.54) is 18.2 Å². The number of carbonyl (C=O) groups is 1. The first kappa shape index (κ1) is 15.2. The first-order valence-electron chi connectivity index (χ1n) is 9.64. The third-order valence-corrected chi connectivity index (χ3v) is 8.30. The van der Waals surface area contributed by atoms with Gasteiger partial charge < -0.3 is 15.2 Å². The fraction of sp³-hybridized carbons (Fsp3) is 0.571. The third-order valence-electron chi connectivity index (χ3n) is 8.30. The van der Waals surface area contributed by atoms with Crippen molar-refractivity contribution in [2.45, 2.75) is 49.4 Å². The van der Waals surface area contributed by atoms with Gasteiger partial charge >= 0.3 is 5.97 Å². The molecule has 1 unspecified atom stereocenters. The number of hydrogen-bond acceptors (Lipinski definition) is 5. The van der Waals surface area contributed by atoms with Gasteiger partial charge in [0.2, 0.25) is 0 Å². The second kappa shape index (κ2) is 4.52. The van der Waals surface area contributed by atoms with Crippen molar-refractivity contribution in [1.29, 1.82) is 0 Å². The van der Waals surface area contributed by atoms with E-state index in [0.29, 0.717) is 6.04 Å². The molecule has 5 nitrogen and oxygen atoms in total. The fourth-order valence-electron chi connectivity index (χ4n) is 7.49. The number of aliphatic hydroxyl groups is 1. The summed E-state index contributed by atoms with van der Waals surface area (Å²) in [5, 5.41) is 15.6. The van der Waals surface area contributed by atoms with Crippen molar-refractivity contribution in [1.82, 2.24) is 4.90 Å². The molecule has 7 rings (SSSR count). The number of methoxy groups -OCH3 is 1. The molecule has 1 spiro atoms. The average molecular weight is 352 g/mol. The molecule has 5 bridgehead atoms. The summed E-state index contributed by atoms with van der Waals surface area (Å²) < 4.78 is 5.34. The number of benzene rings is 1. The predicted octanol–water partition coefficient (Wildman–Crippen LogP) is 1.68. The van der Waals surface area contributed by atoms with E-state index in [1.807, 2.05) is 12.1 Å². The number of fused-ring (bicyclic) bond motifs is 2. The largest absolute Gasteiger partial charge is 0.468 e. The van der Waals surface area contributed by atoms with Crippen LogP contribution < -0.4 is 5.32 Å². The molecular weight excluding hydrogens is 328 g/mol. The highest BCUT2D eigenvalue weighted by Gasteiger charge is 2.82. The maximum atomic E-state index is 13.2. The molecule has 1 saturated carbocycles. The molecule has 1 aromatic carbocycles. The zero-order valence-corrected chi connectivity index (χ0v) is 15.1. The van der Waals surface area contributed by atoms with E-state index >= 15 is 0 Å². The molecule has 2 N–H and O–H groups in total. The zero-order chi connectivity index (χ0) is 17.8. The summed E-state index contributed by atoms with van der Waals surface area (Å²) in [5.41, 5.74) is 2.34. The number of nitrogens with zero attached hydrogens (tertiary/aromatic N) is 1. The second-order valence-corrected chi connectivity index (χ2v) is 8.65. The van der Waals surface area contributed by atoms with Crippen LogP contribution in [0.15, 0.2) is 35.9 Å². The molecule has 4 saturated heterocycles. The van der Waals surface area contributed by atoms with E-state index in [9.17, 15) is 9.90 Å². The van der Waals surface area contributed by atoms with E-state index in [0.717, 1.165) is 25.1 Å². The number of carbonyl (C=O) groups excluding carboxylic acids is 1. The molecule has 0 amide bonds. The minimum Gasteiger partial charge on any atom is -0.468 e. The minimum atomic E-state index is -0.848. The second-order valence-electron chi connectivity index (χ2n) is 8.65. The van der Waals surface area contributed by atoms with Crippen molar-refractivity contribution in [3.05, 3.63) is 41.5 Å². The van der Waals surface area contributed by atoms with E-state index in [1.54, 1.807) is 0 Å². The summed E-state index contributed by atoms with van der Waals surface area (Å²) >= 11 is 0. The van der Waals surface area contributed by atoms with Crippen molar-refractivity contribution in [3.63, 3.8) is 0 Å². The van der Waals surface area contributed by atoms with Gasteiger partial charge in [0.1, 0.15) is 5.41 Å². The SMILES string of the molecule is C/C=C1\CN2[C@@H]3C[C@H]1[C@@]1(C(=O)OC)[C@H](O)[C@@]4(C[C@@H]21)c1ccccc1N[C@@H]34. The monoisotopic (exact) mass is 352 g/mol. The summed E-state index contributed by atoms with van der Waals surface area (Å²) in [6.45, 7) is 2.96. The van der Waals surface area contributed by atoms with Crippen LogP contribution >= 0.6 is 0 Å². The van der Waals surface area contributed by atoms with Crippen molar-refractivity contribution in [2.75, 3.05) is 19.0 Å². The number of piperidine rings is 4. The van der Waals surface area contributed by atoms with Gasteiger partial charge in [0.05, 0.1) is 19.3 Å². The number of anilines is 1. The van der Waals surface area contributed by atoms with Crippen molar-refractivity contribution in [2.24, 2.45) is 11.3 Å². The van der Waals surface area contributed by atoms with Gasteiger partial charge in [-0.3, -0.25) is 9.69 Å². The molecule has 5 aliphatic heterocycles. The Morgan fingerprint density at radius 1 is 1.42 bits per heavy atom. The standard InChI is InChI=1S/C21H24N2O3/c1-3-11-10-23-15-8-13(11)21(19(25)26-2)16(23)9-20(18(21)24)12-6-4-5-7-14(12)22-17(15)20/h3-7,13,15-18,22,24H,8-10H2,1-2H3/b11-3+/t13-,15-,16-,17+,18-,20+,21+/m1/s1. The first-order valence-corrected chi connectivity index (χ1v) is 9.64. The van der Waals surface area contributed by atoms with Gasteiger partial charge in [0, 0.05) is 35.6 Å². The lowest BCUT2D eigenvalue weighted by Gasteiger charge is -2.60. The van der Waals surface area contributed by atoms with Gasteiger partial charge in [-0.15, -0.1) is 0 Å². The molecule has 8 atom stereocenters. The van der Waals surface area contributed by atoms with E-state index in [2.05, 4.69) is 35.3 Å². The summed E-state index contributed by atoms with van der Waals surface area (Å²) in [4.78, 5) is 15.7. The highest BCUT2D eigenvalue weighted by atomic mass is 16.5. The van der Waals surface area contributed by atoms with Gasteiger partial charge in [-0.1, -0.05) is 29.8 Å². The summed E-state index contributed by atoms with van der Waals surface area (Å²) in [5.74, 6) is -0.154. The highest BCUT2D eigenvalue weighted by molar-refractivity contribution is 5.84.